The summed E-state index contributed by atoms with van der Waals surface area (Å²) < 4.78 is 5.58. The second kappa shape index (κ2) is 6.14. The summed E-state index contributed by atoms with van der Waals surface area (Å²) in [5, 5.41) is 12.5. The number of nitrogens with one attached hydrogen (secondary N) is 1. The fourth-order valence-corrected chi connectivity index (χ4v) is 2.24. The molecule has 17 heavy (non-hydrogen) atoms. The minimum Gasteiger partial charge on any atom is -0.395 e. The van der Waals surface area contributed by atoms with Crippen LogP contribution < -0.4 is 5.32 Å². The molecule has 4 nitrogen and oxygen atoms in total. The Morgan fingerprint density at radius 2 is 2.12 bits per heavy atom. The van der Waals surface area contributed by atoms with Crippen LogP contribution in [0.4, 0.5) is 0 Å². The van der Waals surface area contributed by atoms with E-state index in [0.29, 0.717) is 0 Å². The first kappa shape index (κ1) is 14.9. The number of aliphatic hydroxyl groups is 1. The number of aliphatic hydroxyl groups excluding tert-OH is 1. The van der Waals surface area contributed by atoms with Gasteiger partial charge in [-0.25, -0.2) is 0 Å². The molecular weight excluding hydrogens is 216 g/mol. The first-order valence-electron chi connectivity index (χ1n) is 6.49. The topological polar surface area (TPSA) is 44.7 Å². The number of hydrogen-bond acceptors (Lipinski definition) is 4. The van der Waals surface area contributed by atoms with Gasteiger partial charge in [0.25, 0.3) is 0 Å². The molecule has 1 heterocycles. The van der Waals surface area contributed by atoms with Crippen molar-refractivity contribution >= 4 is 0 Å². The molecule has 1 rings (SSSR count). The third-order valence-electron chi connectivity index (χ3n) is 3.27. The van der Waals surface area contributed by atoms with E-state index >= 15 is 0 Å². The van der Waals surface area contributed by atoms with Gasteiger partial charge in [-0.3, -0.25) is 0 Å². The Bertz CT molecular complexity index is 220. The van der Waals surface area contributed by atoms with Crippen molar-refractivity contribution in [3.8, 4) is 0 Å². The molecule has 1 aliphatic heterocycles. The van der Waals surface area contributed by atoms with Gasteiger partial charge in [0, 0.05) is 37.2 Å². The van der Waals surface area contributed by atoms with Crippen LogP contribution in [-0.2, 0) is 4.74 Å². The lowest BCUT2D eigenvalue weighted by atomic mass is 9.85. The Labute approximate surface area is 105 Å². The summed E-state index contributed by atoms with van der Waals surface area (Å²) in [6, 6.07) is 0. The van der Waals surface area contributed by atoms with Gasteiger partial charge < -0.3 is 20.1 Å². The predicted molar refractivity (Wildman–Crippen MR) is 70.2 cm³/mol. The van der Waals surface area contributed by atoms with Gasteiger partial charge in [0.15, 0.2) is 0 Å². The highest BCUT2D eigenvalue weighted by Crippen LogP contribution is 2.29. The smallest absolute Gasteiger partial charge is 0.0558 e. The lowest BCUT2D eigenvalue weighted by Gasteiger charge is -2.35. The lowest BCUT2D eigenvalue weighted by molar-refractivity contribution is 0.104. The average molecular weight is 244 g/mol. The normalized spacial score (nSPS) is 25.8. The molecule has 0 aromatic rings. The van der Waals surface area contributed by atoms with E-state index in [-0.39, 0.29) is 17.6 Å². The molecule has 0 amide bonds. The maximum atomic E-state index is 8.97. The summed E-state index contributed by atoms with van der Waals surface area (Å²) in [5.74, 6) is 0. The number of nitrogens with zero attached hydrogens (tertiary/aromatic N) is 1. The maximum absolute atomic E-state index is 8.97. The molecule has 0 saturated carbocycles. The van der Waals surface area contributed by atoms with E-state index in [2.05, 4.69) is 38.0 Å². The van der Waals surface area contributed by atoms with E-state index in [4.69, 9.17) is 9.84 Å². The highest BCUT2D eigenvalue weighted by molar-refractivity contribution is 4.90. The van der Waals surface area contributed by atoms with Crippen molar-refractivity contribution < 1.29 is 9.84 Å². The fraction of sp³-hybridized carbons (Fsp3) is 1.00. The molecule has 0 bridgehead atoms. The number of rotatable bonds is 6. The first-order valence-corrected chi connectivity index (χ1v) is 6.49. The van der Waals surface area contributed by atoms with Crippen LogP contribution in [0.1, 0.15) is 27.2 Å². The van der Waals surface area contributed by atoms with Gasteiger partial charge in [-0.1, -0.05) is 0 Å². The summed E-state index contributed by atoms with van der Waals surface area (Å²) in [5.41, 5.74) is 0.350. The van der Waals surface area contributed by atoms with Gasteiger partial charge in [-0.15, -0.1) is 0 Å². The van der Waals surface area contributed by atoms with Crippen LogP contribution in [0, 0.1) is 5.41 Å². The van der Waals surface area contributed by atoms with Crippen LogP contribution >= 0.6 is 0 Å². The van der Waals surface area contributed by atoms with Crippen LogP contribution in [0.3, 0.4) is 0 Å². The van der Waals surface area contributed by atoms with Crippen LogP contribution in [0.2, 0.25) is 0 Å². The van der Waals surface area contributed by atoms with Crippen molar-refractivity contribution in [2.24, 2.45) is 5.41 Å². The summed E-state index contributed by atoms with van der Waals surface area (Å²) in [4.78, 5) is 2.19. The minimum atomic E-state index is 0.144. The molecule has 2 N–H and O–H groups in total. The maximum Gasteiger partial charge on any atom is 0.0558 e. The molecule has 0 radical (unpaired) electrons. The Kier molecular flexibility index (Phi) is 5.38. The van der Waals surface area contributed by atoms with Gasteiger partial charge in [0.05, 0.1) is 13.2 Å². The lowest BCUT2D eigenvalue weighted by Crippen LogP contribution is -2.49. The molecule has 0 spiro atoms. The van der Waals surface area contributed by atoms with Crippen molar-refractivity contribution in [2.75, 3.05) is 46.5 Å². The van der Waals surface area contributed by atoms with E-state index < -0.39 is 0 Å². The van der Waals surface area contributed by atoms with Gasteiger partial charge in [0.1, 0.15) is 0 Å². The monoisotopic (exact) mass is 244 g/mol. The van der Waals surface area contributed by atoms with Crippen LogP contribution in [0.25, 0.3) is 0 Å². The predicted octanol–water partition coefficient (Wildman–Crippen LogP) is 0.705. The summed E-state index contributed by atoms with van der Waals surface area (Å²) in [7, 11) is 2.06. The van der Waals surface area contributed by atoms with Crippen molar-refractivity contribution in [3.63, 3.8) is 0 Å². The van der Waals surface area contributed by atoms with Gasteiger partial charge >= 0.3 is 0 Å². The Morgan fingerprint density at radius 3 is 2.59 bits per heavy atom. The van der Waals surface area contributed by atoms with Crippen molar-refractivity contribution in [3.05, 3.63) is 0 Å². The zero-order valence-corrected chi connectivity index (χ0v) is 11.8. The Balaban J connectivity index is 2.50. The summed E-state index contributed by atoms with van der Waals surface area (Å²) >= 11 is 0. The molecular formula is C13H28N2O2. The van der Waals surface area contributed by atoms with Crippen LogP contribution in [-0.4, -0.2) is 62.0 Å². The second-order valence-corrected chi connectivity index (χ2v) is 6.37. The zero-order chi connectivity index (χ0) is 12.9. The highest BCUT2D eigenvalue weighted by Gasteiger charge is 2.36. The van der Waals surface area contributed by atoms with Crippen LogP contribution in [0.15, 0.2) is 0 Å². The van der Waals surface area contributed by atoms with E-state index in [9.17, 15) is 0 Å². The van der Waals surface area contributed by atoms with E-state index in [1.807, 2.05) is 0 Å². The molecule has 0 aromatic carbocycles. The zero-order valence-electron chi connectivity index (χ0n) is 11.8. The molecule has 0 aliphatic carbocycles. The highest BCUT2D eigenvalue weighted by atomic mass is 16.5. The molecule has 1 atom stereocenters. The minimum absolute atomic E-state index is 0.144. The first-order chi connectivity index (χ1) is 7.87. The number of likely N-dealkylation sites (N-methyl/N-ethyl adjacent to an activating group) is 1. The molecule has 102 valence electrons. The Morgan fingerprint density at radius 1 is 1.41 bits per heavy atom. The van der Waals surface area contributed by atoms with Crippen molar-refractivity contribution in [2.45, 2.75) is 32.7 Å². The number of hydrogen-bond donors (Lipinski definition) is 2. The molecule has 1 aliphatic rings. The van der Waals surface area contributed by atoms with Gasteiger partial charge in [-0.2, -0.15) is 0 Å². The van der Waals surface area contributed by atoms with Crippen LogP contribution in [0.5, 0.6) is 0 Å². The molecule has 1 fully saturated rings. The molecule has 1 saturated heterocycles. The van der Waals surface area contributed by atoms with Crippen molar-refractivity contribution in [1.82, 2.24) is 10.2 Å². The van der Waals surface area contributed by atoms with E-state index in [1.54, 1.807) is 0 Å². The average Bonchev–Trinajstić information content (AvgIpc) is 2.63. The molecule has 1 unspecified atom stereocenters. The van der Waals surface area contributed by atoms with Gasteiger partial charge in [0.2, 0.25) is 0 Å². The molecule has 0 aromatic heterocycles. The third-order valence-corrected chi connectivity index (χ3v) is 3.27. The van der Waals surface area contributed by atoms with Gasteiger partial charge in [-0.05, 0) is 34.2 Å². The van der Waals surface area contributed by atoms with E-state index in [1.165, 1.54) is 0 Å². The summed E-state index contributed by atoms with van der Waals surface area (Å²) in [6.07, 6.45) is 1.10. The molecule has 4 heteroatoms. The largest absolute Gasteiger partial charge is 0.395 e. The standard InChI is InChI=1S/C13H28N2O2/c1-12(2,3)14-9-13(5-8-17-11-13)10-15(4)6-7-16/h14,16H,5-11H2,1-4H3. The third kappa shape index (κ3) is 5.34. The second-order valence-electron chi connectivity index (χ2n) is 6.37. The van der Waals surface area contributed by atoms with Crippen molar-refractivity contribution in [1.29, 1.82) is 0 Å². The van der Waals surface area contributed by atoms with E-state index in [0.717, 1.165) is 39.3 Å². The Hall–Kier alpha value is -0.160. The number of ether oxygens (including phenoxy) is 1. The quantitative estimate of drug-likeness (QED) is 0.722. The SMILES string of the molecule is CN(CCO)CC1(CNC(C)(C)C)CCOC1. The summed E-state index contributed by atoms with van der Waals surface area (Å²) in [6.45, 7) is 11.2. The fourth-order valence-electron chi connectivity index (χ4n) is 2.24.